The van der Waals surface area contributed by atoms with Crippen molar-refractivity contribution >= 4 is 11.6 Å². The summed E-state index contributed by atoms with van der Waals surface area (Å²) in [5.74, 6) is 1.53. The highest BCUT2D eigenvalue weighted by Crippen LogP contribution is 2.14. The van der Waals surface area contributed by atoms with Gasteiger partial charge in [-0.05, 0) is 35.2 Å². The van der Waals surface area contributed by atoms with E-state index in [1.54, 1.807) is 0 Å². The zero-order valence-corrected chi connectivity index (χ0v) is 12.0. The second-order valence-electron chi connectivity index (χ2n) is 4.55. The van der Waals surface area contributed by atoms with Gasteiger partial charge in [0.05, 0.1) is 6.61 Å². The van der Waals surface area contributed by atoms with Crippen LogP contribution in [-0.2, 0) is 18.7 Å². The van der Waals surface area contributed by atoms with Crippen molar-refractivity contribution in [1.82, 2.24) is 0 Å². The Morgan fingerprint density at radius 1 is 0.947 bits per heavy atom. The van der Waals surface area contributed by atoms with Crippen LogP contribution in [0.5, 0.6) is 5.75 Å². The highest BCUT2D eigenvalue weighted by molar-refractivity contribution is 6.17. The molecule has 0 heterocycles. The topological polar surface area (TPSA) is 9.23 Å². The first-order chi connectivity index (χ1) is 9.31. The molecular formula is C17H19ClO. The van der Waals surface area contributed by atoms with Gasteiger partial charge in [0.15, 0.2) is 0 Å². The average molecular weight is 275 g/mol. The molecule has 0 bridgehead atoms. The van der Waals surface area contributed by atoms with E-state index in [0.29, 0.717) is 12.5 Å². The fourth-order valence-electron chi connectivity index (χ4n) is 1.94. The lowest BCUT2D eigenvalue weighted by molar-refractivity contribution is 0.321. The zero-order valence-electron chi connectivity index (χ0n) is 11.2. The van der Waals surface area contributed by atoms with Crippen LogP contribution >= 0.6 is 11.6 Å². The van der Waals surface area contributed by atoms with Gasteiger partial charge in [-0.25, -0.2) is 0 Å². The van der Waals surface area contributed by atoms with Gasteiger partial charge in [0.2, 0.25) is 0 Å². The van der Waals surface area contributed by atoms with Gasteiger partial charge in [0.25, 0.3) is 0 Å². The third-order valence-corrected chi connectivity index (χ3v) is 3.45. The molecule has 0 aromatic heterocycles. The average Bonchev–Trinajstić information content (AvgIpc) is 2.48. The van der Waals surface area contributed by atoms with E-state index in [1.165, 1.54) is 11.1 Å². The van der Waals surface area contributed by atoms with Crippen LogP contribution in [-0.4, -0.2) is 6.61 Å². The van der Waals surface area contributed by atoms with E-state index in [-0.39, 0.29) is 0 Å². The van der Waals surface area contributed by atoms with Gasteiger partial charge >= 0.3 is 0 Å². The van der Waals surface area contributed by atoms with Crippen LogP contribution in [0.2, 0.25) is 0 Å². The molecule has 0 saturated carbocycles. The first-order valence-electron chi connectivity index (χ1n) is 6.67. The van der Waals surface area contributed by atoms with E-state index >= 15 is 0 Å². The monoisotopic (exact) mass is 274 g/mol. The maximum absolute atomic E-state index is 5.78. The molecular weight excluding hydrogens is 256 g/mol. The van der Waals surface area contributed by atoms with Crippen LogP contribution in [0.25, 0.3) is 0 Å². The summed E-state index contributed by atoms with van der Waals surface area (Å²) in [6.45, 7) is 2.85. The Hall–Kier alpha value is -1.47. The van der Waals surface area contributed by atoms with Gasteiger partial charge in [-0.1, -0.05) is 43.3 Å². The molecule has 1 nitrogen and oxygen atoms in total. The molecule has 0 aliphatic heterocycles. The Bertz CT molecular complexity index is 505. The molecule has 2 aromatic carbocycles. The Morgan fingerprint density at radius 2 is 1.68 bits per heavy atom. The Labute approximate surface area is 120 Å². The summed E-state index contributed by atoms with van der Waals surface area (Å²) in [5, 5.41) is 0. The molecule has 19 heavy (non-hydrogen) atoms. The number of hydrogen-bond donors (Lipinski definition) is 0. The molecule has 0 saturated heterocycles. The molecule has 0 aliphatic rings. The normalized spacial score (nSPS) is 10.4. The lowest BCUT2D eigenvalue weighted by atomic mass is 10.1. The molecule has 100 valence electrons. The predicted octanol–water partition coefficient (Wildman–Crippen LogP) is 4.61. The van der Waals surface area contributed by atoms with E-state index in [1.807, 2.05) is 12.1 Å². The number of halogens is 1. The lowest BCUT2D eigenvalue weighted by Crippen LogP contribution is -2.01. The van der Waals surface area contributed by atoms with Crippen molar-refractivity contribution in [3.63, 3.8) is 0 Å². The van der Waals surface area contributed by atoms with Crippen LogP contribution < -0.4 is 4.74 Å². The van der Waals surface area contributed by atoms with E-state index in [4.69, 9.17) is 16.3 Å². The third-order valence-electron chi connectivity index (χ3n) is 3.14. The quantitative estimate of drug-likeness (QED) is 0.699. The first kappa shape index (κ1) is 14.0. The molecule has 2 rings (SSSR count). The van der Waals surface area contributed by atoms with Crippen molar-refractivity contribution < 1.29 is 4.74 Å². The smallest absolute Gasteiger partial charge is 0.119 e. The molecule has 0 spiro atoms. The van der Waals surface area contributed by atoms with Crippen molar-refractivity contribution in [2.24, 2.45) is 0 Å². The Kier molecular flexibility index (Phi) is 5.29. The number of rotatable bonds is 6. The second-order valence-corrected chi connectivity index (χ2v) is 4.82. The molecule has 0 atom stereocenters. The van der Waals surface area contributed by atoms with Crippen LogP contribution in [0.3, 0.4) is 0 Å². The van der Waals surface area contributed by atoms with Crippen molar-refractivity contribution in [3.8, 4) is 5.75 Å². The third kappa shape index (κ3) is 4.29. The highest BCUT2D eigenvalue weighted by atomic mass is 35.5. The van der Waals surface area contributed by atoms with Crippen LogP contribution in [0, 0.1) is 0 Å². The van der Waals surface area contributed by atoms with Crippen molar-refractivity contribution in [1.29, 1.82) is 0 Å². The maximum Gasteiger partial charge on any atom is 0.119 e. The fourth-order valence-corrected chi connectivity index (χ4v) is 2.12. The fraction of sp³-hybridized carbons (Fsp3) is 0.294. The van der Waals surface area contributed by atoms with Gasteiger partial charge in [-0.3, -0.25) is 0 Å². The van der Waals surface area contributed by atoms with Crippen molar-refractivity contribution in [3.05, 3.63) is 65.2 Å². The van der Waals surface area contributed by atoms with E-state index in [0.717, 1.165) is 24.2 Å². The predicted molar refractivity (Wildman–Crippen MR) is 81.0 cm³/mol. The number of alkyl halides is 1. The number of ether oxygens (including phenoxy) is 1. The van der Waals surface area contributed by atoms with Crippen LogP contribution in [0.1, 0.15) is 23.6 Å². The summed E-state index contributed by atoms with van der Waals surface area (Å²) in [5.41, 5.74) is 3.74. The number of benzene rings is 2. The van der Waals surface area contributed by atoms with Crippen LogP contribution in [0.4, 0.5) is 0 Å². The summed E-state index contributed by atoms with van der Waals surface area (Å²) in [7, 11) is 0. The molecule has 2 heteroatoms. The van der Waals surface area contributed by atoms with E-state index < -0.39 is 0 Å². The Morgan fingerprint density at radius 3 is 2.37 bits per heavy atom. The Balaban J connectivity index is 1.85. The molecule has 0 radical (unpaired) electrons. The molecule has 2 aromatic rings. The minimum absolute atomic E-state index is 0.570. The van der Waals surface area contributed by atoms with Crippen LogP contribution in [0.15, 0.2) is 48.5 Å². The first-order valence-corrected chi connectivity index (χ1v) is 7.21. The van der Waals surface area contributed by atoms with E-state index in [2.05, 4.69) is 43.3 Å². The molecule has 0 aliphatic carbocycles. The zero-order chi connectivity index (χ0) is 13.5. The molecule has 0 fully saturated rings. The van der Waals surface area contributed by atoms with Gasteiger partial charge in [-0.2, -0.15) is 0 Å². The van der Waals surface area contributed by atoms with Gasteiger partial charge in [-0.15, -0.1) is 11.6 Å². The van der Waals surface area contributed by atoms with E-state index in [9.17, 15) is 0 Å². The summed E-state index contributed by atoms with van der Waals surface area (Å²) < 4.78 is 5.78. The summed E-state index contributed by atoms with van der Waals surface area (Å²) in [6.07, 6.45) is 1.95. The molecule has 0 N–H and O–H groups in total. The number of aryl methyl sites for hydroxylation is 1. The highest BCUT2D eigenvalue weighted by Gasteiger charge is 1.98. The van der Waals surface area contributed by atoms with Crippen molar-refractivity contribution in [2.45, 2.75) is 25.6 Å². The number of hydrogen-bond acceptors (Lipinski definition) is 1. The molecule has 0 unspecified atom stereocenters. The van der Waals surface area contributed by atoms with Gasteiger partial charge < -0.3 is 4.74 Å². The minimum atomic E-state index is 0.570. The SMILES string of the molecule is CCc1cccc(OCCc2ccc(CCl)cc2)c1. The summed E-state index contributed by atoms with van der Waals surface area (Å²) in [4.78, 5) is 0. The summed E-state index contributed by atoms with van der Waals surface area (Å²) >= 11 is 5.77. The lowest BCUT2D eigenvalue weighted by Gasteiger charge is -2.08. The maximum atomic E-state index is 5.78. The summed E-state index contributed by atoms with van der Waals surface area (Å²) in [6, 6.07) is 16.7. The van der Waals surface area contributed by atoms with Gasteiger partial charge in [0.1, 0.15) is 5.75 Å². The second kappa shape index (κ2) is 7.20. The van der Waals surface area contributed by atoms with Crippen molar-refractivity contribution in [2.75, 3.05) is 6.61 Å². The largest absolute Gasteiger partial charge is 0.493 e. The minimum Gasteiger partial charge on any atom is -0.493 e. The standard InChI is InChI=1S/C17H19ClO/c1-2-14-4-3-5-17(12-14)19-11-10-15-6-8-16(13-18)9-7-15/h3-9,12H,2,10-11,13H2,1H3. The van der Waals surface area contributed by atoms with Gasteiger partial charge in [0, 0.05) is 12.3 Å². The molecule has 0 amide bonds.